The van der Waals surface area contributed by atoms with E-state index in [4.69, 9.17) is 20.8 Å². The molecule has 7 heteroatoms. The number of hydrogen-bond donors (Lipinski definition) is 1. The van der Waals surface area contributed by atoms with Crippen molar-refractivity contribution in [1.29, 1.82) is 0 Å². The number of halogens is 1. The van der Waals surface area contributed by atoms with Crippen molar-refractivity contribution in [2.45, 2.75) is 6.54 Å². The van der Waals surface area contributed by atoms with E-state index < -0.39 is 11.9 Å². The monoisotopic (exact) mass is 408 g/mol. The summed E-state index contributed by atoms with van der Waals surface area (Å²) in [5.41, 5.74) is 1.72. The number of nitrogens with zero attached hydrogens (tertiary/aromatic N) is 1. The largest absolute Gasteiger partial charge is 0.496 e. The van der Waals surface area contributed by atoms with E-state index >= 15 is 0 Å². The summed E-state index contributed by atoms with van der Waals surface area (Å²) in [5, 5.41) is 3.14. The molecule has 0 atom stereocenters. The quantitative estimate of drug-likeness (QED) is 0.490. The molecule has 0 radical (unpaired) electrons. The lowest BCUT2D eigenvalue weighted by molar-refractivity contribution is -0.123. The summed E-state index contributed by atoms with van der Waals surface area (Å²) in [6, 6.07) is 17.5. The maximum Gasteiger partial charge on any atom is 0.329 e. The Kier molecular flexibility index (Phi) is 5.10. The van der Waals surface area contributed by atoms with Crippen LogP contribution in [0.4, 0.5) is 4.79 Å². The third kappa shape index (κ3) is 3.88. The summed E-state index contributed by atoms with van der Waals surface area (Å²) in [6.45, 7) is 0.200. The molecule has 1 aliphatic rings. The van der Waals surface area contributed by atoms with Gasteiger partial charge in [-0.05, 0) is 35.9 Å². The van der Waals surface area contributed by atoms with Gasteiger partial charge in [-0.1, -0.05) is 41.9 Å². The molecule has 0 spiro atoms. The number of ether oxygens (including phenoxy) is 1. The van der Waals surface area contributed by atoms with E-state index in [1.807, 2.05) is 30.3 Å². The number of imide groups is 1. The number of hydrogen-bond acceptors (Lipinski definition) is 4. The molecule has 4 rings (SSSR count). The highest BCUT2D eigenvalue weighted by Gasteiger charge is 2.33. The number of methoxy groups -OCH3 is 1. The van der Waals surface area contributed by atoms with E-state index in [0.717, 1.165) is 10.5 Å². The van der Waals surface area contributed by atoms with Gasteiger partial charge in [0.2, 0.25) is 0 Å². The fraction of sp³-hybridized carbons (Fsp3) is 0.0909. The van der Waals surface area contributed by atoms with Crippen molar-refractivity contribution in [2.24, 2.45) is 0 Å². The summed E-state index contributed by atoms with van der Waals surface area (Å²) >= 11 is 6.08. The van der Waals surface area contributed by atoms with E-state index in [1.165, 1.54) is 6.08 Å². The average Bonchev–Trinajstić information content (AvgIpc) is 3.29. The lowest BCUT2D eigenvalue weighted by Gasteiger charge is -2.11. The number of carbonyl (C=O) groups excluding carboxylic acids is 2. The molecule has 0 unspecified atom stereocenters. The second kappa shape index (κ2) is 7.85. The summed E-state index contributed by atoms with van der Waals surface area (Å²) in [5.74, 6) is 1.17. The van der Waals surface area contributed by atoms with Crippen molar-refractivity contribution in [3.8, 4) is 17.1 Å². The second-order valence-electron chi connectivity index (χ2n) is 6.41. The molecule has 1 saturated heterocycles. The lowest BCUT2D eigenvalue weighted by Crippen LogP contribution is -2.30. The van der Waals surface area contributed by atoms with Gasteiger partial charge in [0.25, 0.3) is 5.91 Å². The zero-order valence-electron chi connectivity index (χ0n) is 15.5. The molecular weight excluding hydrogens is 392 g/mol. The van der Waals surface area contributed by atoms with Gasteiger partial charge in [-0.15, -0.1) is 0 Å². The fourth-order valence-electron chi connectivity index (χ4n) is 3.07. The molecular formula is C22H17ClN2O4. The predicted molar refractivity (Wildman–Crippen MR) is 109 cm³/mol. The first-order valence-corrected chi connectivity index (χ1v) is 9.25. The number of urea groups is 1. The van der Waals surface area contributed by atoms with Crippen LogP contribution in [0.1, 0.15) is 11.3 Å². The molecule has 6 nitrogen and oxygen atoms in total. The standard InChI is InChI=1S/C22H17ClN2O4/c1-28-19-9-7-15(23)11-17(19)20-10-8-16(29-20)12-18-21(26)25(22(27)24-18)13-14-5-3-2-4-6-14/h2-12H,13H2,1H3,(H,24,27)/b18-12+. The number of furan rings is 1. The van der Waals surface area contributed by atoms with E-state index in [9.17, 15) is 9.59 Å². The Labute approximate surface area is 172 Å². The highest BCUT2D eigenvalue weighted by Crippen LogP contribution is 2.34. The normalized spacial score (nSPS) is 15.1. The van der Waals surface area contributed by atoms with Crippen LogP contribution in [0.25, 0.3) is 17.4 Å². The molecule has 3 aromatic rings. The van der Waals surface area contributed by atoms with Crippen molar-refractivity contribution < 1.29 is 18.7 Å². The summed E-state index contributed by atoms with van der Waals surface area (Å²) in [6.07, 6.45) is 1.51. The van der Waals surface area contributed by atoms with Crippen LogP contribution >= 0.6 is 11.6 Å². The summed E-state index contributed by atoms with van der Waals surface area (Å²) in [4.78, 5) is 26.0. The van der Waals surface area contributed by atoms with Gasteiger partial charge < -0.3 is 14.5 Å². The highest BCUT2D eigenvalue weighted by atomic mass is 35.5. The van der Waals surface area contributed by atoms with Crippen LogP contribution in [-0.2, 0) is 11.3 Å². The third-order valence-corrected chi connectivity index (χ3v) is 4.72. The molecule has 0 saturated carbocycles. The Morgan fingerprint density at radius 1 is 1.10 bits per heavy atom. The number of rotatable bonds is 5. The Morgan fingerprint density at radius 2 is 1.90 bits per heavy atom. The number of amides is 3. The van der Waals surface area contributed by atoms with E-state index in [0.29, 0.717) is 27.9 Å². The zero-order chi connectivity index (χ0) is 20.4. The Morgan fingerprint density at radius 3 is 2.66 bits per heavy atom. The van der Waals surface area contributed by atoms with Gasteiger partial charge >= 0.3 is 6.03 Å². The molecule has 29 heavy (non-hydrogen) atoms. The van der Waals surface area contributed by atoms with Gasteiger partial charge in [0.1, 0.15) is 23.0 Å². The maximum absolute atomic E-state index is 12.6. The van der Waals surface area contributed by atoms with Crippen LogP contribution in [-0.4, -0.2) is 23.9 Å². The third-order valence-electron chi connectivity index (χ3n) is 4.49. The van der Waals surface area contributed by atoms with Gasteiger partial charge in [-0.25, -0.2) is 4.79 Å². The molecule has 1 N–H and O–H groups in total. The topological polar surface area (TPSA) is 71.8 Å². The zero-order valence-corrected chi connectivity index (χ0v) is 16.3. The van der Waals surface area contributed by atoms with Crippen LogP contribution in [0.3, 0.4) is 0 Å². The summed E-state index contributed by atoms with van der Waals surface area (Å²) < 4.78 is 11.2. The molecule has 1 aromatic heterocycles. The molecule has 1 fully saturated rings. The first-order chi connectivity index (χ1) is 14.0. The molecule has 1 aliphatic heterocycles. The molecule has 2 heterocycles. The first-order valence-electron chi connectivity index (χ1n) is 8.87. The number of carbonyl (C=O) groups is 2. The highest BCUT2D eigenvalue weighted by molar-refractivity contribution is 6.31. The van der Waals surface area contributed by atoms with Gasteiger partial charge in [0, 0.05) is 11.1 Å². The fourth-order valence-corrected chi connectivity index (χ4v) is 3.24. The van der Waals surface area contributed by atoms with Crippen molar-refractivity contribution in [3.05, 3.63) is 82.7 Å². The van der Waals surface area contributed by atoms with Crippen molar-refractivity contribution in [1.82, 2.24) is 10.2 Å². The van der Waals surface area contributed by atoms with Crippen LogP contribution < -0.4 is 10.1 Å². The molecule has 2 aromatic carbocycles. The van der Waals surface area contributed by atoms with Crippen LogP contribution in [0, 0.1) is 0 Å². The lowest BCUT2D eigenvalue weighted by atomic mass is 10.1. The van der Waals surface area contributed by atoms with Crippen LogP contribution in [0.2, 0.25) is 5.02 Å². The number of benzene rings is 2. The Bertz CT molecular complexity index is 1110. The predicted octanol–water partition coefficient (Wildman–Crippen LogP) is 4.70. The Balaban J connectivity index is 1.57. The minimum absolute atomic E-state index is 0.157. The molecule has 0 aliphatic carbocycles. The number of nitrogens with one attached hydrogen (secondary N) is 1. The SMILES string of the molecule is COc1ccc(Cl)cc1-c1ccc(/C=C2/NC(=O)N(Cc3ccccc3)C2=O)o1. The van der Waals surface area contributed by atoms with Gasteiger partial charge in [-0.2, -0.15) is 0 Å². The van der Waals surface area contributed by atoms with Crippen LogP contribution in [0.5, 0.6) is 5.75 Å². The minimum atomic E-state index is -0.464. The summed E-state index contributed by atoms with van der Waals surface area (Å²) in [7, 11) is 1.56. The molecule has 0 bridgehead atoms. The van der Waals surface area contributed by atoms with E-state index in [2.05, 4.69) is 5.32 Å². The molecule has 146 valence electrons. The van der Waals surface area contributed by atoms with Crippen LogP contribution in [0.15, 0.2) is 70.8 Å². The maximum atomic E-state index is 12.6. The molecule has 3 amide bonds. The minimum Gasteiger partial charge on any atom is -0.496 e. The first kappa shape index (κ1) is 18.8. The van der Waals surface area contributed by atoms with Gasteiger partial charge in [0.15, 0.2) is 0 Å². The average molecular weight is 409 g/mol. The van der Waals surface area contributed by atoms with Gasteiger partial charge in [0.05, 0.1) is 19.2 Å². The van der Waals surface area contributed by atoms with E-state index in [1.54, 1.807) is 37.4 Å². The van der Waals surface area contributed by atoms with Crippen molar-refractivity contribution >= 4 is 29.6 Å². The second-order valence-corrected chi connectivity index (χ2v) is 6.85. The van der Waals surface area contributed by atoms with E-state index in [-0.39, 0.29) is 12.2 Å². The van der Waals surface area contributed by atoms with Crippen molar-refractivity contribution in [2.75, 3.05) is 7.11 Å². The Hall–Kier alpha value is -3.51. The smallest absolute Gasteiger partial charge is 0.329 e. The van der Waals surface area contributed by atoms with Crippen molar-refractivity contribution in [3.63, 3.8) is 0 Å². The van der Waals surface area contributed by atoms with Gasteiger partial charge in [-0.3, -0.25) is 9.69 Å².